The number of aliphatic hydroxyl groups excluding tert-OH is 5. The quantitative estimate of drug-likeness (QED) is 0.120. The zero-order valence-corrected chi connectivity index (χ0v) is 15.5. The molecule has 0 aromatic rings. The van der Waals surface area contributed by atoms with E-state index in [1.54, 1.807) is 0 Å². The molecular formula is C16H38N4O6. The number of Topliss-reactive ketones (excluding diaryl/α,β-unsaturated/α-hetero) is 1. The van der Waals surface area contributed by atoms with Gasteiger partial charge in [-0.25, -0.2) is 0 Å². The second-order valence-corrected chi connectivity index (χ2v) is 5.80. The predicted molar refractivity (Wildman–Crippen MR) is 99.5 cm³/mol. The molecule has 0 saturated carbocycles. The number of hydrogen-bond donors (Lipinski definition) is 9. The summed E-state index contributed by atoms with van der Waals surface area (Å²) < 4.78 is 0. The Hall–Kier alpha value is -0.690. The molecule has 0 aromatic carbocycles. The van der Waals surface area contributed by atoms with Crippen molar-refractivity contribution in [2.45, 2.75) is 44.0 Å². The van der Waals surface area contributed by atoms with Crippen LogP contribution in [0, 0.1) is 0 Å². The van der Waals surface area contributed by atoms with Gasteiger partial charge >= 0.3 is 0 Å². The zero-order chi connectivity index (χ0) is 20.2. The molecule has 10 nitrogen and oxygen atoms in total. The van der Waals surface area contributed by atoms with Gasteiger partial charge in [-0.05, 0) is 65.0 Å². The molecule has 3 atom stereocenters. The van der Waals surface area contributed by atoms with Crippen LogP contribution in [0.5, 0.6) is 0 Å². The van der Waals surface area contributed by atoms with E-state index in [9.17, 15) is 4.79 Å². The Bertz CT molecular complexity index is 300. The monoisotopic (exact) mass is 382 g/mol. The maximum atomic E-state index is 10.5. The SMILES string of the molecule is NCCCNCCCCNCCCN.O=C(CO)C(O)C(O)C(O)CO. The van der Waals surface area contributed by atoms with E-state index in [1.807, 2.05) is 0 Å². The van der Waals surface area contributed by atoms with Gasteiger partial charge in [-0.2, -0.15) is 0 Å². The average molecular weight is 383 g/mol. The highest BCUT2D eigenvalue weighted by Crippen LogP contribution is 2.00. The third-order valence-electron chi connectivity index (χ3n) is 3.46. The first kappa shape index (κ1) is 27.5. The lowest BCUT2D eigenvalue weighted by atomic mass is 10.1. The molecule has 0 amide bonds. The highest BCUT2D eigenvalue weighted by atomic mass is 16.4. The van der Waals surface area contributed by atoms with Gasteiger partial charge in [0, 0.05) is 0 Å². The average Bonchev–Trinajstić information content (AvgIpc) is 2.67. The van der Waals surface area contributed by atoms with Crippen LogP contribution >= 0.6 is 0 Å². The topological polar surface area (TPSA) is 194 Å². The molecule has 0 radical (unpaired) electrons. The first-order chi connectivity index (χ1) is 12.5. The molecule has 158 valence electrons. The van der Waals surface area contributed by atoms with E-state index in [-0.39, 0.29) is 0 Å². The van der Waals surface area contributed by atoms with E-state index in [1.165, 1.54) is 12.8 Å². The highest BCUT2D eigenvalue weighted by Gasteiger charge is 2.28. The van der Waals surface area contributed by atoms with E-state index < -0.39 is 37.3 Å². The van der Waals surface area contributed by atoms with Crippen LogP contribution in [0.15, 0.2) is 0 Å². The van der Waals surface area contributed by atoms with Crippen LogP contribution in [0.2, 0.25) is 0 Å². The van der Waals surface area contributed by atoms with E-state index >= 15 is 0 Å². The lowest BCUT2D eigenvalue weighted by Gasteiger charge is -2.19. The Labute approximate surface area is 155 Å². The maximum Gasteiger partial charge on any atom is 0.189 e. The molecule has 0 spiro atoms. The molecule has 0 rings (SSSR count). The number of aliphatic hydroxyl groups is 5. The molecule has 0 aliphatic carbocycles. The standard InChI is InChI=1S/C10H26N4.C6H12O6/c11-5-3-9-13-7-1-2-8-14-10-4-6-12;7-1-3(9)5(11)6(12)4(10)2-8/h13-14H,1-12H2;3,5-9,11-12H,1-2H2. The largest absolute Gasteiger partial charge is 0.394 e. The lowest BCUT2D eigenvalue weighted by molar-refractivity contribution is -0.142. The number of rotatable bonds is 16. The first-order valence-corrected chi connectivity index (χ1v) is 9.06. The van der Waals surface area contributed by atoms with Gasteiger partial charge in [0.25, 0.3) is 0 Å². The minimum Gasteiger partial charge on any atom is -0.394 e. The van der Waals surface area contributed by atoms with Crippen LogP contribution in [-0.4, -0.2) is 102 Å². The Morgan fingerprint density at radius 2 is 1.23 bits per heavy atom. The molecule has 0 aromatic heterocycles. The minimum atomic E-state index is -1.86. The van der Waals surface area contributed by atoms with Crippen molar-refractivity contribution in [2.75, 3.05) is 52.5 Å². The van der Waals surface area contributed by atoms with Gasteiger partial charge < -0.3 is 47.6 Å². The van der Waals surface area contributed by atoms with Crippen molar-refractivity contribution >= 4 is 5.78 Å². The van der Waals surface area contributed by atoms with Gasteiger partial charge in [0.1, 0.15) is 24.9 Å². The van der Waals surface area contributed by atoms with Gasteiger partial charge in [0.2, 0.25) is 0 Å². The molecule has 3 unspecified atom stereocenters. The van der Waals surface area contributed by atoms with Crippen LogP contribution in [0.1, 0.15) is 25.7 Å². The number of hydrogen-bond acceptors (Lipinski definition) is 10. The van der Waals surface area contributed by atoms with Crippen LogP contribution in [-0.2, 0) is 4.79 Å². The van der Waals surface area contributed by atoms with Gasteiger partial charge in [-0.15, -0.1) is 0 Å². The van der Waals surface area contributed by atoms with E-state index in [4.69, 9.17) is 37.0 Å². The van der Waals surface area contributed by atoms with Crippen LogP contribution in [0.25, 0.3) is 0 Å². The highest BCUT2D eigenvalue weighted by molar-refractivity contribution is 5.84. The molecule has 26 heavy (non-hydrogen) atoms. The second kappa shape index (κ2) is 20.6. The summed E-state index contributed by atoms with van der Waals surface area (Å²) in [5.74, 6) is -1.00. The Balaban J connectivity index is 0. The minimum absolute atomic E-state index is 0.767. The molecular weight excluding hydrogens is 344 g/mol. The van der Waals surface area contributed by atoms with Crippen LogP contribution in [0.4, 0.5) is 0 Å². The molecule has 10 heteroatoms. The summed E-state index contributed by atoms with van der Waals surface area (Å²) in [6, 6.07) is 0. The molecule has 0 saturated heterocycles. The van der Waals surface area contributed by atoms with E-state index in [0.717, 1.165) is 52.1 Å². The van der Waals surface area contributed by atoms with E-state index in [0.29, 0.717) is 0 Å². The summed E-state index contributed by atoms with van der Waals surface area (Å²) in [5.41, 5.74) is 10.8. The van der Waals surface area contributed by atoms with Crippen molar-refractivity contribution in [3.63, 3.8) is 0 Å². The molecule has 0 aliphatic rings. The Kier molecular flexibility index (Phi) is 21.8. The number of unbranched alkanes of at least 4 members (excludes halogenated alkanes) is 1. The van der Waals surface area contributed by atoms with Crippen LogP contribution < -0.4 is 22.1 Å². The zero-order valence-electron chi connectivity index (χ0n) is 15.5. The molecule has 0 heterocycles. The maximum absolute atomic E-state index is 10.5. The van der Waals surface area contributed by atoms with Crippen molar-refractivity contribution in [1.82, 2.24) is 10.6 Å². The van der Waals surface area contributed by atoms with Crippen molar-refractivity contribution in [3.05, 3.63) is 0 Å². The Morgan fingerprint density at radius 3 is 1.58 bits per heavy atom. The fourth-order valence-corrected chi connectivity index (χ4v) is 1.81. The van der Waals surface area contributed by atoms with Gasteiger partial charge in [-0.1, -0.05) is 0 Å². The summed E-state index contributed by atoms with van der Waals surface area (Å²) in [4.78, 5) is 10.5. The summed E-state index contributed by atoms with van der Waals surface area (Å²) in [6.07, 6.45) is -0.591. The fourth-order valence-electron chi connectivity index (χ4n) is 1.81. The van der Waals surface area contributed by atoms with Crippen molar-refractivity contribution in [1.29, 1.82) is 0 Å². The lowest BCUT2D eigenvalue weighted by Crippen LogP contribution is -2.44. The summed E-state index contributed by atoms with van der Waals surface area (Å²) in [7, 11) is 0. The number of carbonyl (C=O) groups excluding carboxylic acids is 1. The van der Waals surface area contributed by atoms with Crippen molar-refractivity contribution in [3.8, 4) is 0 Å². The molecule has 0 fully saturated rings. The third kappa shape index (κ3) is 16.8. The normalized spacial score (nSPS) is 14.3. The van der Waals surface area contributed by atoms with Gasteiger partial charge in [-0.3, -0.25) is 4.79 Å². The molecule has 11 N–H and O–H groups in total. The number of nitrogens with two attached hydrogens (primary N) is 2. The number of carbonyl (C=O) groups is 1. The van der Waals surface area contributed by atoms with E-state index in [2.05, 4.69) is 10.6 Å². The van der Waals surface area contributed by atoms with Crippen molar-refractivity contribution in [2.24, 2.45) is 11.5 Å². The first-order valence-electron chi connectivity index (χ1n) is 9.06. The summed E-state index contributed by atoms with van der Waals surface area (Å²) in [6.45, 7) is 4.21. The fraction of sp³-hybridized carbons (Fsp3) is 0.938. The van der Waals surface area contributed by atoms with Gasteiger partial charge in [0.15, 0.2) is 5.78 Å². The van der Waals surface area contributed by atoms with Gasteiger partial charge in [0.05, 0.1) is 6.61 Å². The number of ketones is 1. The predicted octanol–water partition coefficient (Wildman–Crippen LogP) is -3.73. The summed E-state index contributed by atoms with van der Waals surface area (Å²) in [5, 5.41) is 49.8. The van der Waals surface area contributed by atoms with Crippen LogP contribution in [0.3, 0.4) is 0 Å². The number of nitrogens with one attached hydrogen (secondary N) is 2. The Morgan fingerprint density at radius 1 is 0.808 bits per heavy atom. The van der Waals surface area contributed by atoms with Crippen molar-refractivity contribution < 1.29 is 30.3 Å². The smallest absolute Gasteiger partial charge is 0.189 e. The third-order valence-corrected chi connectivity index (χ3v) is 3.46. The molecule has 0 bridgehead atoms. The molecule has 0 aliphatic heterocycles. The summed E-state index contributed by atoms with van der Waals surface area (Å²) >= 11 is 0. The second-order valence-electron chi connectivity index (χ2n) is 5.80.